The average Bonchev–Trinajstić information content (AvgIpc) is 4.01. The summed E-state index contributed by atoms with van der Waals surface area (Å²) < 4.78 is 59.8. The number of imide groups is 1. The number of piperazine rings is 1. The van der Waals surface area contributed by atoms with Crippen LogP contribution in [0, 0.1) is 11.6 Å². The van der Waals surface area contributed by atoms with E-state index in [1.165, 1.54) is 16.1 Å². The molecule has 334 valence electrons. The summed E-state index contributed by atoms with van der Waals surface area (Å²) in [5.41, 5.74) is 2.27. The second kappa shape index (κ2) is 18.1. The summed E-state index contributed by atoms with van der Waals surface area (Å²) in [5.74, 6) is -2.70. The minimum absolute atomic E-state index is 0.0339. The van der Waals surface area contributed by atoms with Crippen molar-refractivity contribution in [1.82, 2.24) is 34.4 Å². The summed E-state index contributed by atoms with van der Waals surface area (Å²) in [5, 5.41) is 5.93. The largest absolute Gasteiger partial charge is 0.374 e. The summed E-state index contributed by atoms with van der Waals surface area (Å²) in [6.07, 6.45) is 8.65. The van der Waals surface area contributed by atoms with E-state index in [1.54, 1.807) is 18.5 Å². The molecule has 2 aromatic carbocycles. The Kier molecular flexibility index (Phi) is 12.1. The lowest BCUT2D eigenvalue weighted by atomic mass is 9.89. The molecule has 64 heavy (non-hydrogen) atoms. The van der Waals surface area contributed by atoms with Crippen LogP contribution in [0.2, 0.25) is 0 Å². The maximum atomic E-state index is 15.7. The fourth-order valence-electron chi connectivity index (χ4n) is 8.98. The quantitative estimate of drug-likeness (QED) is 0.101. The SMILES string of the molecule is O=C1CCC(Nc2ccc(C3CCN(CC(=O)N4CCN(c5ccc(-c6cnc7[nH]cc(C(=O)c8c(F)ccc(NS(=O)(=O)N9CCCC9)c8F)c7c6)cn5)CC4)CC3)cc2)C(=O)N1. The van der Waals surface area contributed by atoms with E-state index in [0.29, 0.717) is 86.5 Å². The molecular weight excluding hydrogens is 847 g/mol. The third kappa shape index (κ3) is 9.05. The maximum Gasteiger partial charge on any atom is 0.301 e. The lowest BCUT2D eigenvalue weighted by molar-refractivity contribution is -0.134. The summed E-state index contributed by atoms with van der Waals surface area (Å²) in [6.45, 7) is 4.95. The predicted octanol–water partition coefficient (Wildman–Crippen LogP) is 4.63. The zero-order valence-electron chi connectivity index (χ0n) is 35.0. The molecule has 4 aliphatic rings. The van der Waals surface area contributed by atoms with Gasteiger partial charge in [-0.15, -0.1) is 0 Å². The number of nitrogens with one attached hydrogen (secondary N) is 4. The number of carbonyl (C=O) groups excluding carboxylic acids is 4. The van der Waals surface area contributed by atoms with Crippen LogP contribution in [0.1, 0.15) is 65.9 Å². The van der Waals surface area contributed by atoms with E-state index in [9.17, 15) is 27.6 Å². The normalized spacial score (nSPS) is 19.2. The Bertz CT molecular complexity index is 2690. The first-order valence-corrected chi connectivity index (χ1v) is 23.0. The van der Waals surface area contributed by atoms with Crippen molar-refractivity contribution in [1.29, 1.82) is 0 Å². The zero-order chi connectivity index (χ0) is 44.5. The van der Waals surface area contributed by atoms with Gasteiger partial charge >= 0.3 is 10.2 Å². The number of halogens is 2. The van der Waals surface area contributed by atoms with Gasteiger partial charge in [0.15, 0.2) is 5.82 Å². The third-order valence-electron chi connectivity index (χ3n) is 12.7. The number of benzene rings is 2. The minimum Gasteiger partial charge on any atom is -0.374 e. The maximum absolute atomic E-state index is 15.7. The number of fused-ring (bicyclic) bond motifs is 1. The summed E-state index contributed by atoms with van der Waals surface area (Å²) in [4.78, 5) is 68.9. The standard InChI is InChI=1S/C45H48F2N10O6S/c46-35-8-9-36(53-64(62,63)57-15-1-2-16-57)42(47)41(35)43(60)34-26-50-44-33(34)23-31(25-49-44)30-5-11-38(48-24-30)55-19-21-56(22-20-55)40(59)27-54-17-13-29(14-18-54)28-3-6-32(7-4-28)51-37-10-12-39(58)52-45(37)61/h3-9,11,23-26,29,37,51,53H,1-2,10,12-22,27H2,(H,49,50)(H,52,58,61). The van der Waals surface area contributed by atoms with Crippen molar-refractivity contribution in [3.05, 3.63) is 102 Å². The number of aromatic amines is 1. The Hall–Kier alpha value is -6.31. The molecule has 3 amide bonds. The minimum atomic E-state index is -4.10. The first-order valence-electron chi connectivity index (χ1n) is 21.6. The lowest BCUT2D eigenvalue weighted by Crippen LogP contribution is -2.52. The number of amides is 3. The third-order valence-corrected chi connectivity index (χ3v) is 14.2. The Morgan fingerprint density at radius 1 is 0.828 bits per heavy atom. The number of rotatable bonds is 12. The molecule has 19 heteroatoms. The van der Waals surface area contributed by atoms with Gasteiger partial charge in [0.2, 0.25) is 23.5 Å². The van der Waals surface area contributed by atoms with Crippen molar-refractivity contribution in [2.75, 3.05) is 73.8 Å². The van der Waals surface area contributed by atoms with E-state index in [0.717, 1.165) is 49.6 Å². The molecule has 16 nitrogen and oxygen atoms in total. The number of likely N-dealkylation sites (tertiary alicyclic amines) is 1. The molecule has 5 aromatic rings. The van der Waals surface area contributed by atoms with Crippen LogP contribution in [-0.4, -0.2) is 126 Å². The number of aromatic nitrogens is 3. The van der Waals surface area contributed by atoms with Gasteiger partial charge in [0.05, 0.1) is 17.8 Å². The van der Waals surface area contributed by atoms with Gasteiger partial charge in [-0.05, 0) is 99.1 Å². The average molecular weight is 895 g/mol. The van der Waals surface area contributed by atoms with E-state index < -0.39 is 44.9 Å². The van der Waals surface area contributed by atoms with Crippen LogP contribution in [0.3, 0.4) is 0 Å². The van der Waals surface area contributed by atoms with Gasteiger partial charge in [-0.3, -0.25) is 34.1 Å². The highest BCUT2D eigenvalue weighted by Crippen LogP contribution is 2.32. The molecule has 3 aromatic heterocycles. The van der Waals surface area contributed by atoms with Gasteiger partial charge in [-0.25, -0.2) is 18.7 Å². The Labute approximate surface area is 368 Å². The molecule has 9 rings (SSSR count). The number of nitrogens with zero attached hydrogens (tertiary/aromatic N) is 6. The molecule has 0 radical (unpaired) electrons. The van der Waals surface area contributed by atoms with Crippen molar-refractivity contribution in [2.45, 2.75) is 50.5 Å². The van der Waals surface area contributed by atoms with Gasteiger partial charge in [0, 0.05) is 92.0 Å². The van der Waals surface area contributed by atoms with E-state index in [-0.39, 0.29) is 36.4 Å². The molecule has 4 aliphatic heterocycles. The Balaban J connectivity index is 0.771. The molecule has 1 unspecified atom stereocenters. The number of ketones is 1. The van der Waals surface area contributed by atoms with Crippen LogP contribution in [-0.2, 0) is 24.6 Å². The second-order valence-electron chi connectivity index (χ2n) is 16.7. The van der Waals surface area contributed by atoms with Gasteiger partial charge in [-0.1, -0.05) is 12.1 Å². The Morgan fingerprint density at radius 3 is 2.27 bits per heavy atom. The molecular formula is C45H48F2N10O6S. The van der Waals surface area contributed by atoms with Crippen molar-refractivity contribution < 1.29 is 36.4 Å². The van der Waals surface area contributed by atoms with Gasteiger partial charge in [0.1, 0.15) is 23.3 Å². The number of pyridine rings is 2. The molecule has 4 fully saturated rings. The highest BCUT2D eigenvalue weighted by Gasteiger charge is 2.31. The number of piperidine rings is 2. The molecule has 0 spiro atoms. The topological polar surface area (TPSA) is 193 Å². The second-order valence-corrected chi connectivity index (χ2v) is 18.4. The van der Waals surface area contributed by atoms with Crippen LogP contribution in [0.25, 0.3) is 22.2 Å². The monoisotopic (exact) mass is 894 g/mol. The molecule has 0 bridgehead atoms. The smallest absolute Gasteiger partial charge is 0.301 e. The fraction of sp³-hybridized carbons (Fsp3) is 0.378. The number of anilines is 3. The van der Waals surface area contributed by atoms with Crippen LogP contribution >= 0.6 is 0 Å². The van der Waals surface area contributed by atoms with Gasteiger partial charge < -0.3 is 20.1 Å². The number of hydrogen-bond acceptors (Lipinski definition) is 11. The summed E-state index contributed by atoms with van der Waals surface area (Å²) in [7, 11) is -4.10. The van der Waals surface area contributed by atoms with Gasteiger partial charge in [0.25, 0.3) is 0 Å². The number of carbonyl (C=O) groups is 4. The van der Waals surface area contributed by atoms with Crippen LogP contribution < -0.4 is 20.3 Å². The van der Waals surface area contributed by atoms with E-state index in [4.69, 9.17) is 4.98 Å². The molecule has 7 heterocycles. The number of H-pyrrole nitrogens is 1. The molecule has 0 aliphatic carbocycles. The van der Waals surface area contributed by atoms with Crippen LogP contribution in [0.5, 0.6) is 0 Å². The first-order chi connectivity index (χ1) is 30.9. The molecule has 1 atom stereocenters. The van der Waals surface area contributed by atoms with Crippen LogP contribution in [0.4, 0.5) is 26.0 Å². The van der Waals surface area contributed by atoms with E-state index in [1.807, 2.05) is 29.2 Å². The predicted molar refractivity (Wildman–Crippen MR) is 236 cm³/mol. The van der Waals surface area contributed by atoms with Crippen molar-refractivity contribution in [2.24, 2.45) is 0 Å². The van der Waals surface area contributed by atoms with Crippen molar-refractivity contribution in [3.8, 4) is 11.1 Å². The highest BCUT2D eigenvalue weighted by atomic mass is 32.2. The molecule has 4 saturated heterocycles. The summed E-state index contributed by atoms with van der Waals surface area (Å²) in [6, 6.07) is 15.0. The number of hydrogen-bond donors (Lipinski definition) is 4. The van der Waals surface area contributed by atoms with E-state index in [2.05, 4.69) is 47.3 Å². The van der Waals surface area contributed by atoms with E-state index >= 15 is 8.78 Å². The Morgan fingerprint density at radius 2 is 1.56 bits per heavy atom. The summed E-state index contributed by atoms with van der Waals surface area (Å²) >= 11 is 0. The molecule has 4 N–H and O–H groups in total. The van der Waals surface area contributed by atoms with Crippen LogP contribution in [0.15, 0.2) is 73.2 Å². The van der Waals surface area contributed by atoms with Gasteiger partial charge in [-0.2, -0.15) is 12.7 Å². The van der Waals surface area contributed by atoms with Crippen molar-refractivity contribution >= 4 is 61.9 Å². The molecule has 0 saturated carbocycles. The fourth-order valence-corrected chi connectivity index (χ4v) is 10.3. The lowest BCUT2D eigenvalue weighted by Gasteiger charge is -2.37. The zero-order valence-corrected chi connectivity index (χ0v) is 35.8. The highest BCUT2D eigenvalue weighted by molar-refractivity contribution is 7.90. The van der Waals surface area contributed by atoms with Crippen molar-refractivity contribution in [3.63, 3.8) is 0 Å². The first kappa shape index (κ1) is 43.0.